The number of nitrogens with one attached hydrogen (secondary N) is 1. The van der Waals surface area contributed by atoms with Crippen LogP contribution in [0.2, 0.25) is 0 Å². The highest BCUT2D eigenvalue weighted by molar-refractivity contribution is 7.98. The van der Waals surface area contributed by atoms with E-state index in [9.17, 15) is 4.79 Å². The number of fused-ring (bicyclic) bond motifs is 2. The summed E-state index contributed by atoms with van der Waals surface area (Å²) in [5, 5.41) is 12.1. The zero-order chi connectivity index (χ0) is 18.4. The number of hydrogen-bond acceptors (Lipinski definition) is 7. The Morgan fingerprint density at radius 2 is 1.96 bits per heavy atom. The standard InChI is InChI=1S/C17H12N8OS/c1-27-17-21-16(22-23-17)24-8-7-11-12(14(24)26)13(10-5-3-2-4-6-10)25-15(20-11)18-9-19-25/h2-9H,1H3,(H,21,22,23). The van der Waals surface area contributed by atoms with Gasteiger partial charge in [0.1, 0.15) is 6.33 Å². The predicted molar refractivity (Wildman–Crippen MR) is 101 cm³/mol. The lowest BCUT2D eigenvalue weighted by Gasteiger charge is -2.10. The van der Waals surface area contributed by atoms with Crippen molar-refractivity contribution in [1.82, 2.24) is 39.3 Å². The molecule has 0 unspecified atom stereocenters. The van der Waals surface area contributed by atoms with Crippen molar-refractivity contribution < 1.29 is 0 Å². The molecule has 0 saturated carbocycles. The van der Waals surface area contributed by atoms with Gasteiger partial charge in [0.25, 0.3) is 11.3 Å². The summed E-state index contributed by atoms with van der Waals surface area (Å²) in [6.07, 6.45) is 4.92. The van der Waals surface area contributed by atoms with E-state index in [1.807, 2.05) is 36.6 Å². The Morgan fingerprint density at radius 3 is 2.74 bits per heavy atom. The highest BCUT2D eigenvalue weighted by Gasteiger charge is 2.18. The van der Waals surface area contributed by atoms with Gasteiger partial charge in [0.2, 0.25) is 11.1 Å². The maximum absolute atomic E-state index is 13.4. The zero-order valence-electron chi connectivity index (χ0n) is 14.1. The third-order valence-corrected chi connectivity index (χ3v) is 4.73. The number of H-pyrrole nitrogens is 1. The van der Waals surface area contributed by atoms with Crippen LogP contribution in [0.5, 0.6) is 0 Å². The molecule has 5 aromatic rings. The van der Waals surface area contributed by atoms with Crippen LogP contribution in [0.4, 0.5) is 0 Å². The molecule has 0 atom stereocenters. The van der Waals surface area contributed by atoms with Crippen LogP contribution in [0.1, 0.15) is 0 Å². The van der Waals surface area contributed by atoms with E-state index < -0.39 is 0 Å². The van der Waals surface area contributed by atoms with Crippen LogP contribution in [0.15, 0.2) is 58.9 Å². The molecule has 27 heavy (non-hydrogen) atoms. The van der Waals surface area contributed by atoms with Crippen molar-refractivity contribution in [3.63, 3.8) is 0 Å². The number of thioether (sulfide) groups is 1. The molecule has 1 N–H and O–H groups in total. The Labute approximate surface area is 156 Å². The molecule has 4 heterocycles. The minimum Gasteiger partial charge on any atom is -0.268 e. The number of rotatable bonds is 3. The quantitative estimate of drug-likeness (QED) is 0.480. The van der Waals surface area contributed by atoms with Crippen LogP contribution < -0.4 is 5.56 Å². The lowest BCUT2D eigenvalue weighted by atomic mass is 10.1. The van der Waals surface area contributed by atoms with Gasteiger partial charge in [0, 0.05) is 11.8 Å². The molecule has 0 amide bonds. The fourth-order valence-electron chi connectivity index (χ4n) is 2.99. The summed E-state index contributed by atoms with van der Waals surface area (Å²) < 4.78 is 3.00. The first-order chi connectivity index (χ1) is 13.3. The predicted octanol–water partition coefficient (Wildman–Crippen LogP) is 1.94. The largest absolute Gasteiger partial charge is 0.269 e. The summed E-state index contributed by atoms with van der Waals surface area (Å²) in [6.45, 7) is 0. The van der Waals surface area contributed by atoms with Crippen LogP contribution in [-0.2, 0) is 0 Å². The third-order valence-electron chi connectivity index (χ3n) is 4.18. The zero-order valence-corrected chi connectivity index (χ0v) is 14.9. The molecule has 0 spiro atoms. The van der Waals surface area contributed by atoms with Crippen LogP contribution in [0, 0.1) is 0 Å². The van der Waals surface area contributed by atoms with Gasteiger partial charge in [0.05, 0.1) is 16.6 Å². The summed E-state index contributed by atoms with van der Waals surface area (Å²) in [5.41, 5.74) is 1.76. The molecule has 132 valence electrons. The van der Waals surface area contributed by atoms with Gasteiger partial charge in [0.15, 0.2) is 0 Å². The van der Waals surface area contributed by atoms with Crippen molar-refractivity contribution in [2.45, 2.75) is 5.16 Å². The van der Waals surface area contributed by atoms with E-state index in [0.717, 1.165) is 5.56 Å². The summed E-state index contributed by atoms with van der Waals surface area (Å²) in [6, 6.07) is 11.3. The minimum atomic E-state index is -0.264. The average Bonchev–Trinajstić information content (AvgIpc) is 3.36. The monoisotopic (exact) mass is 376 g/mol. The van der Waals surface area contributed by atoms with E-state index >= 15 is 0 Å². The topological polar surface area (TPSA) is 107 Å². The lowest BCUT2D eigenvalue weighted by Crippen LogP contribution is -2.21. The highest BCUT2D eigenvalue weighted by atomic mass is 32.2. The van der Waals surface area contributed by atoms with Crippen molar-refractivity contribution in [1.29, 1.82) is 0 Å². The van der Waals surface area contributed by atoms with Gasteiger partial charge in [-0.15, -0.1) is 5.10 Å². The van der Waals surface area contributed by atoms with Crippen molar-refractivity contribution in [3.8, 4) is 17.2 Å². The number of aromatic amines is 1. The molecule has 0 bridgehead atoms. The van der Waals surface area contributed by atoms with Gasteiger partial charge in [-0.3, -0.25) is 9.36 Å². The lowest BCUT2D eigenvalue weighted by molar-refractivity contribution is 0.895. The van der Waals surface area contributed by atoms with E-state index in [2.05, 4.69) is 30.2 Å². The fourth-order valence-corrected chi connectivity index (χ4v) is 3.31. The SMILES string of the molecule is CSc1n[nH]c(-n2ccc3nc4ncnn4c(-c4ccccc4)c3c2=O)n1. The molecule has 0 aliphatic rings. The van der Waals surface area contributed by atoms with E-state index in [1.54, 1.807) is 16.8 Å². The molecule has 0 aliphatic heterocycles. The van der Waals surface area contributed by atoms with Gasteiger partial charge in [-0.25, -0.2) is 10.1 Å². The Hall–Kier alpha value is -3.53. The van der Waals surface area contributed by atoms with Crippen molar-refractivity contribution in [2.24, 2.45) is 0 Å². The normalized spacial score (nSPS) is 11.4. The Balaban J connectivity index is 1.90. The summed E-state index contributed by atoms with van der Waals surface area (Å²) in [5.74, 6) is 0.784. The van der Waals surface area contributed by atoms with Gasteiger partial charge < -0.3 is 0 Å². The molecular weight excluding hydrogens is 364 g/mol. The summed E-state index contributed by atoms with van der Waals surface area (Å²) in [7, 11) is 0. The number of hydrogen-bond donors (Lipinski definition) is 1. The molecule has 0 saturated heterocycles. The molecule has 9 nitrogen and oxygen atoms in total. The second kappa shape index (κ2) is 6.02. The smallest absolute Gasteiger partial charge is 0.268 e. The van der Waals surface area contributed by atoms with Gasteiger partial charge in [-0.2, -0.15) is 19.6 Å². The summed E-state index contributed by atoms with van der Waals surface area (Å²) in [4.78, 5) is 26.3. The first kappa shape index (κ1) is 15.7. The number of benzene rings is 1. The molecular formula is C17H12N8OS. The first-order valence-corrected chi connectivity index (χ1v) is 9.26. The van der Waals surface area contributed by atoms with Crippen molar-refractivity contribution in [3.05, 3.63) is 59.3 Å². The highest BCUT2D eigenvalue weighted by Crippen LogP contribution is 2.25. The van der Waals surface area contributed by atoms with Crippen molar-refractivity contribution >= 4 is 28.4 Å². The van der Waals surface area contributed by atoms with E-state index in [1.165, 1.54) is 22.7 Å². The van der Waals surface area contributed by atoms with Crippen LogP contribution in [-0.4, -0.2) is 45.6 Å². The molecule has 0 radical (unpaired) electrons. The first-order valence-electron chi connectivity index (χ1n) is 8.03. The molecule has 1 aromatic carbocycles. The van der Waals surface area contributed by atoms with E-state index in [-0.39, 0.29) is 5.56 Å². The van der Waals surface area contributed by atoms with Gasteiger partial charge in [-0.05, 0) is 12.3 Å². The number of aromatic nitrogens is 8. The second-order valence-corrected chi connectivity index (χ2v) is 6.47. The van der Waals surface area contributed by atoms with E-state index in [0.29, 0.717) is 33.5 Å². The van der Waals surface area contributed by atoms with Crippen molar-refractivity contribution in [2.75, 3.05) is 6.26 Å². The number of nitrogens with zero attached hydrogens (tertiary/aromatic N) is 7. The van der Waals surface area contributed by atoms with Crippen LogP contribution in [0.25, 0.3) is 33.9 Å². The van der Waals surface area contributed by atoms with Crippen LogP contribution >= 0.6 is 11.8 Å². The number of pyridine rings is 1. The van der Waals surface area contributed by atoms with Gasteiger partial charge >= 0.3 is 0 Å². The van der Waals surface area contributed by atoms with Gasteiger partial charge in [-0.1, -0.05) is 42.1 Å². The Kier molecular flexibility index (Phi) is 3.50. The molecule has 0 aliphatic carbocycles. The average molecular weight is 376 g/mol. The second-order valence-electron chi connectivity index (χ2n) is 5.70. The maximum Gasteiger partial charge on any atom is 0.269 e. The molecule has 10 heteroatoms. The molecule has 4 aromatic heterocycles. The molecule has 5 rings (SSSR count). The Morgan fingerprint density at radius 1 is 1.11 bits per heavy atom. The Bertz CT molecular complexity index is 1340. The minimum absolute atomic E-state index is 0.264. The maximum atomic E-state index is 13.4. The van der Waals surface area contributed by atoms with Crippen LogP contribution in [0.3, 0.4) is 0 Å². The third kappa shape index (κ3) is 2.41. The van der Waals surface area contributed by atoms with E-state index in [4.69, 9.17) is 0 Å². The fraction of sp³-hybridized carbons (Fsp3) is 0.0588. The summed E-state index contributed by atoms with van der Waals surface area (Å²) >= 11 is 1.39. The molecule has 0 fully saturated rings.